The molecular formula is C23H24N4O2. The molecule has 1 saturated heterocycles. The number of para-hydroxylation sites is 1. The van der Waals surface area contributed by atoms with Crippen molar-refractivity contribution in [2.24, 2.45) is 0 Å². The van der Waals surface area contributed by atoms with Crippen molar-refractivity contribution >= 4 is 23.1 Å². The SMILES string of the molecule is COc1cccc(C(=O)Nc2ccc(N3CCN(c4ccccc4)CC3)nc2)c1. The summed E-state index contributed by atoms with van der Waals surface area (Å²) in [6, 6.07) is 21.4. The summed E-state index contributed by atoms with van der Waals surface area (Å²) in [7, 11) is 1.58. The first-order valence-corrected chi connectivity index (χ1v) is 9.69. The van der Waals surface area contributed by atoms with Crippen LogP contribution < -0.4 is 19.9 Å². The predicted octanol–water partition coefficient (Wildman–Crippen LogP) is 3.67. The Hall–Kier alpha value is -3.54. The van der Waals surface area contributed by atoms with E-state index in [1.165, 1.54) is 5.69 Å². The summed E-state index contributed by atoms with van der Waals surface area (Å²) in [5.74, 6) is 1.40. The summed E-state index contributed by atoms with van der Waals surface area (Å²) in [5.41, 5.74) is 2.48. The number of amides is 1. The Bertz CT molecular complexity index is 952. The molecule has 6 heteroatoms. The van der Waals surface area contributed by atoms with Gasteiger partial charge in [-0.25, -0.2) is 4.98 Å². The van der Waals surface area contributed by atoms with E-state index in [-0.39, 0.29) is 5.91 Å². The van der Waals surface area contributed by atoms with E-state index in [0.717, 1.165) is 32.0 Å². The van der Waals surface area contributed by atoms with Crippen LogP contribution in [0.3, 0.4) is 0 Å². The summed E-state index contributed by atoms with van der Waals surface area (Å²) in [6.07, 6.45) is 1.71. The highest BCUT2D eigenvalue weighted by Gasteiger charge is 2.18. The van der Waals surface area contributed by atoms with Gasteiger partial charge in [0.05, 0.1) is 19.0 Å². The number of aromatic nitrogens is 1. The molecule has 0 spiro atoms. The number of rotatable bonds is 5. The van der Waals surface area contributed by atoms with Crippen molar-refractivity contribution in [2.75, 3.05) is 48.4 Å². The van der Waals surface area contributed by atoms with E-state index < -0.39 is 0 Å². The molecule has 0 radical (unpaired) electrons. The van der Waals surface area contributed by atoms with Crippen molar-refractivity contribution in [3.05, 3.63) is 78.5 Å². The van der Waals surface area contributed by atoms with Crippen molar-refractivity contribution in [3.63, 3.8) is 0 Å². The topological polar surface area (TPSA) is 57.7 Å². The minimum Gasteiger partial charge on any atom is -0.497 e. The van der Waals surface area contributed by atoms with Crippen LogP contribution in [0.1, 0.15) is 10.4 Å². The maximum atomic E-state index is 12.4. The molecule has 1 amide bonds. The zero-order valence-electron chi connectivity index (χ0n) is 16.4. The third-order valence-corrected chi connectivity index (χ3v) is 5.06. The summed E-state index contributed by atoms with van der Waals surface area (Å²) in [5, 5.41) is 2.88. The molecule has 0 atom stereocenters. The maximum Gasteiger partial charge on any atom is 0.255 e. The summed E-state index contributed by atoms with van der Waals surface area (Å²) in [6.45, 7) is 3.74. The number of pyridine rings is 1. The van der Waals surface area contributed by atoms with Crippen LogP contribution in [0.4, 0.5) is 17.2 Å². The largest absolute Gasteiger partial charge is 0.497 e. The van der Waals surface area contributed by atoms with E-state index in [9.17, 15) is 4.79 Å². The Morgan fingerprint density at radius 1 is 0.931 bits per heavy atom. The third-order valence-electron chi connectivity index (χ3n) is 5.06. The Morgan fingerprint density at radius 3 is 2.38 bits per heavy atom. The molecular weight excluding hydrogens is 364 g/mol. The van der Waals surface area contributed by atoms with Crippen LogP contribution in [0, 0.1) is 0 Å². The fraction of sp³-hybridized carbons (Fsp3) is 0.217. The molecule has 3 aromatic rings. The van der Waals surface area contributed by atoms with Gasteiger partial charge in [0.15, 0.2) is 0 Å². The Balaban J connectivity index is 1.35. The Morgan fingerprint density at radius 2 is 1.69 bits per heavy atom. The first kappa shape index (κ1) is 18.8. The minimum atomic E-state index is -0.185. The fourth-order valence-corrected chi connectivity index (χ4v) is 3.45. The lowest BCUT2D eigenvalue weighted by Gasteiger charge is -2.36. The second-order valence-electron chi connectivity index (χ2n) is 6.90. The number of carbonyl (C=O) groups is 1. The van der Waals surface area contributed by atoms with Crippen LogP contribution in [-0.2, 0) is 0 Å². The van der Waals surface area contributed by atoms with Crippen LogP contribution in [0.15, 0.2) is 72.9 Å². The zero-order valence-corrected chi connectivity index (χ0v) is 16.4. The van der Waals surface area contributed by atoms with E-state index >= 15 is 0 Å². The van der Waals surface area contributed by atoms with E-state index in [1.54, 1.807) is 31.5 Å². The predicted molar refractivity (Wildman–Crippen MR) is 116 cm³/mol. The van der Waals surface area contributed by atoms with Crippen molar-refractivity contribution in [2.45, 2.75) is 0 Å². The number of nitrogens with zero attached hydrogens (tertiary/aromatic N) is 3. The lowest BCUT2D eigenvalue weighted by Crippen LogP contribution is -2.46. The molecule has 1 aromatic heterocycles. The molecule has 4 rings (SSSR count). The molecule has 2 heterocycles. The first-order valence-electron chi connectivity index (χ1n) is 9.69. The van der Waals surface area contributed by atoms with Gasteiger partial charge in [0.1, 0.15) is 11.6 Å². The van der Waals surface area contributed by atoms with E-state index in [1.807, 2.05) is 24.3 Å². The summed E-state index contributed by atoms with van der Waals surface area (Å²) < 4.78 is 5.17. The standard InChI is InChI=1S/C23H24N4O2/c1-29-21-9-5-6-18(16-21)23(28)25-19-10-11-22(24-17-19)27-14-12-26(13-15-27)20-7-3-2-4-8-20/h2-11,16-17H,12-15H2,1H3,(H,25,28). The number of benzene rings is 2. The molecule has 1 fully saturated rings. The highest BCUT2D eigenvalue weighted by molar-refractivity contribution is 6.04. The van der Waals surface area contributed by atoms with Gasteiger partial charge < -0.3 is 19.9 Å². The Labute approximate surface area is 170 Å². The molecule has 0 aliphatic carbocycles. The van der Waals surface area contributed by atoms with Gasteiger partial charge in [-0.1, -0.05) is 24.3 Å². The molecule has 0 unspecified atom stereocenters. The smallest absolute Gasteiger partial charge is 0.255 e. The van der Waals surface area contributed by atoms with Crippen LogP contribution in [0.2, 0.25) is 0 Å². The average molecular weight is 388 g/mol. The normalized spacial score (nSPS) is 13.8. The fourth-order valence-electron chi connectivity index (χ4n) is 3.45. The molecule has 29 heavy (non-hydrogen) atoms. The monoisotopic (exact) mass is 388 g/mol. The number of methoxy groups -OCH3 is 1. The van der Waals surface area contributed by atoms with Crippen molar-refractivity contribution < 1.29 is 9.53 Å². The second-order valence-corrected chi connectivity index (χ2v) is 6.90. The van der Waals surface area contributed by atoms with Crippen molar-refractivity contribution in [3.8, 4) is 5.75 Å². The van der Waals surface area contributed by atoms with E-state index in [0.29, 0.717) is 17.0 Å². The number of anilines is 3. The molecule has 0 bridgehead atoms. The third kappa shape index (κ3) is 4.48. The number of ether oxygens (including phenoxy) is 1. The number of hydrogen-bond donors (Lipinski definition) is 1. The van der Waals surface area contributed by atoms with Gasteiger partial charge in [0, 0.05) is 37.4 Å². The highest BCUT2D eigenvalue weighted by atomic mass is 16.5. The molecule has 6 nitrogen and oxygen atoms in total. The van der Waals surface area contributed by atoms with E-state index in [4.69, 9.17) is 4.74 Å². The highest BCUT2D eigenvalue weighted by Crippen LogP contribution is 2.20. The number of carbonyl (C=O) groups excluding carboxylic acids is 1. The molecule has 2 aromatic carbocycles. The van der Waals surface area contributed by atoms with Crippen LogP contribution in [0.25, 0.3) is 0 Å². The lowest BCUT2D eigenvalue weighted by atomic mass is 10.2. The van der Waals surface area contributed by atoms with Gasteiger partial charge >= 0.3 is 0 Å². The molecule has 1 N–H and O–H groups in total. The quantitative estimate of drug-likeness (QED) is 0.723. The van der Waals surface area contributed by atoms with Gasteiger partial charge in [-0.2, -0.15) is 0 Å². The Kier molecular flexibility index (Phi) is 5.61. The lowest BCUT2D eigenvalue weighted by molar-refractivity contribution is 0.102. The number of nitrogens with one attached hydrogen (secondary N) is 1. The van der Waals surface area contributed by atoms with Gasteiger partial charge in [-0.15, -0.1) is 0 Å². The minimum absolute atomic E-state index is 0.185. The molecule has 1 aliphatic rings. The molecule has 1 aliphatic heterocycles. The molecule has 0 saturated carbocycles. The van der Waals surface area contributed by atoms with Gasteiger partial charge in [0.25, 0.3) is 5.91 Å². The van der Waals surface area contributed by atoms with Crippen LogP contribution in [-0.4, -0.2) is 44.2 Å². The van der Waals surface area contributed by atoms with Crippen molar-refractivity contribution in [1.82, 2.24) is 4.98 Å². The van der Waals surface area contributed by atoms with E-state index in [2.05, 4.69) is 44.4 Å². The summed E-state index contributed by atoms with van der Waals surface area (Å²) >= 11 is 0. The van der Waals surface area contributed by atoms with Gasteiger partial charge in [-0.05, 0) is 42.5 Å². The second kappa shape index (κ2) is 8.65. The maximum absolute atomic E-state index is 12.4. The van der Waals surface area contributed by atoms with Gasteiger partial charge in [-0.3, -0.25) is 4.79 Å². The van der Waals surface area contributed by atoms with Crippen LogP contribution >= 0.6 is 0 Å². The first-order chi connectivity index (χ1) is 14.2. The number of hydrogen-bond acceptors (Lipinski definition) is 5. The van der Waals surface area contributed by atoms with Crippen LogP contribution in [0.5, 0.6) is 5.75 Å². The average Bonchev–Trinajstić information content (AvgIpc) is 2.80. The molecule has 148 valence electrons. The van der Waals surface area contributed by atoms with Crippen molar-refractivity contribution in [1.29, 1.82) is 0 Å². The van der Waals surface area contributed by atoms with Gasteiger partial charge in [0.2, 0.25) is 0 Å². The summed E-state index contributed by atoms with van der Waals surface area (Å²) in [4.78, 5) is 21.6. The number of piperazine rings is 1. The zero-order chi connectivity index (χ0) is 20.1.